The molecule has 0 spiro atoms. The van der Waals surface area contributed by atoms with Gasteiger partial charge in [-0.25, -0.2) is 4.98 Å². The first-order chi connectivity index (χ1) is 17.3. The van der Waals surface area contributed by atoms with Crippen LogP contribution in [0, 0.1) is 19.8 Å². The number of ether oxygens (including phenoxy) is 1. The maximum absolute atomic E-state index is 13.3. The largest absolute Gasteiger partial charge is 0.495 e. The average molecular weight is 507 g/mol. The molecule has 1 fully saturated rings. The molecule has 1 amide bonds. The molecule has 188 valence electrons. The number of hydrogen-bond acceptors (Lipinski definition) is 5. The van der Waals surface area contributed by atoms with E-state index in [4.69, 9.17) is 25.8 Å². The summed E-state index contributed by atoms with van der Waals surface area (Å²) in [6, 6.07) is 11.6. The highest BCUT2D eigenvalue weighted by atomic mass is 35.5. The van der Waals surface area contributed by atoms with Crippen molar-refractivity contribution in [2.24, 2.45) is 5.92 Å². The van der Waals surface area contributed by atoms with Gasteiger partial charge in [0.1, 0.15) is 17.3 Å². The molecule has 0 unspecified atom stereocenters. The lowest BCUT2D eigenvalue weighted by Crippen LogP contribution is -2.39. The van der Waals surface area contributed by atoms with Crippen molar-refractivity contribution in [3.05, 3.63) is 58.7 Å². The summed E-state index contributed by atoms with van der Waals surface area (Å²) < 4.78 is 13.0. The smallest absolute Gasteiger partial charge is 0.227 e. The van der Waals surface area contributed by atoms with Crippen LogP contribution in [-0.2, 0) is 11.3 Å². The molecule has 0 aliphatic carbocycles. The predicted molar refractivity (Wildman–Crippen MR) is 142 cm³/mol. The number of nitrogens with zero attached hydrogens (tertiary/aromatic N) is 4. The number of halogens is 1. The van der Waals surface area contributed by atoms with Gasteiger partial charge < -0.3 is 18.7 Å². The van der Waals surface area contributed by atoms with Crippen LogP contribution in [0.5, 0.6) is 5.75 Å². The molecule has 36 heavy (non-hydrogen) atoms. The van der Waals surface area contributed by atoms with Gasteiger partial charge in [0.05, 0.1) is 34.9 Å². The number of amides is 1. The van der Waals surface area contributed by atoms with Gasteiger partial charge in [-0.3, -0.25) is 4.79 Å². The van der Waals surface area contributed by atoms with Crippen molar-refractivity contribution in [1.82, 2.24) is 14.7 Å². The van der Waals surface area contributed by atoms with E-state index >= 15 is 0 Å². The van der Waals surface area contributed by atoms with Crippen LogP contribution in [0.3, 0.4) is 0 Å². The molecule has 2 aromatic carbocycles. The Morgan fingerprint density at radius 2 is 2.00 bits per heavy atom. The highest BCUT2D eigenvalue weighted by Gasteiger charge is 2.34. The number of piperidine rings is 1. The number of benzene rings is 2. The number of carbonyl (C=O) groups is 1. The van der Waals surface area contributed by atoms with E-state index in [1.165, 1.54) is 0 Å². The molecular weight excluding hydrogens is 476 g/mol. The molecule has 1 aliphatic heterocycles. The third-order valence-electron chi connectivity index (χ3n) is 6.81. The van der Waals surface area contributed by atoms with E-state index in [1.807, 2.05) is 36.9 Å². The van der Waals surface area contributed by atoms with Crippen molar-refractivity contribution < 1.29 is 14.1 Å². The molecule has 0 N–H and O–H groups in total. The van der Waals surface area contributed by atoms with E-state index in [1.54, 1.807) is 7.11 Å². The molecule has 7 nitrogen and oxygen atoms in total. The third-order valence-corrected chi connectivity index (χ3v) is 7.10. The maximum Gasteiger partial charge on any atom is 0.227 e. The van der Waals surface area contributed by atoms with Crippen molar-refractivity contribution in [2.45, 2.75) is 59.5 Å². The molecule has 1 atom stereocenters. The van der Waals surface area contributed by atoms with Crippen LogP contribution < -0.4 is 9.64 Å². The zero-order valence-corrected chi connectivity index (χ0v) is 22.1. The zero-order valence-electron chi connectivity index (χ0n) is 21.3. The van der Waals surface area contributed by atoms with Crippen LogP contribution >= 0.6 is 11.6 Å². The SMILES string of the molecule is COc1ccc(N2C(=O)CCC[C@H]2c2nc3cc(-c4c(C)noc4C)ccc3n2CC(C)C)cc1Cl. The van der Waals surface area contributed by atoms with E-state index in [2.05, 4.69) is 41.8 Å². The van der Waals surface area contributed by atoms with E-state index in [9.17, 15) is 4.79 Å². The second-order valence-corrected chi connectivity index (χ2v) is 10.3. The lowest BCUT2D eigenvalue weighted by molar-refractivity contribution is -0.120. The molecule has 4 aromatic rings. The van der Waals surface area contributed by atoms with Gasteiger partial charge in [-0.05, 0) is 68.5 Å². The number of carbonyl (C=O) groups excluding carboxylic acids is 1. The van der Waals surface area contributed by atoms with Crippen molar-refractivity contribution in [3.63, 3.8) is 0 Å². The van der Waals surface area contributed by atoms with Gasteiger partial charge in [-0.15, -0.1) is 0 Å². The van der Waals surface area contributed by atoms with E-state index in [0.29, 0.717) is 23.1 Å². The first-order valence-corrected chi connectivity index (χ1v) is 12.7. The number of aryl methyl sites for hydroxylation is 2. The molecule has 8 heteroatoms. The number of rotatable bonds is 6. The zero-order chi connectivity index (χ0) is 25.6. The minimum absolute atomic E-state index is 0.0760. The van der Waals surface area contributed by atoms with Crippen molar-refractivity contribution in [2.75, 3.05) is 12.0 Å². The first-order valence-electron chi connectivity index (χ1n) is 12.4. The standard InChI is InChI=1S/C28H31ClN4O3/c1-16(2)15-32-23-11-9-19(27-17(3)31-36-18(27)4)13-22(23)30-28(32)24-7-6-8-26(34)33(24)20-10-12-25(35-5)21(29)14-20/h9-14,16,24H,6-8,15H2,1-5H3/t24-/m0/s1. The fourth-order valence-corrected chi connectivity index (χ4v) is 5.51. The van der Waals surface area contributed by atoms with Crippen LogP contribution in [0.25, 0.3) is 22.2 Å². The number of aromatic nitrogens is 3. The van der Waals surface area contributed by atoms with Crippen LogP contribution in [-0.4, -0.2) is 27.7 Å². The van der Waals surface area contributed by atoms with Crippen LogP contribution in [0.2, 0.25) is 5.02 Å². The Kier molecular flexibility index (Phi) is 6.51. The number of hydrogen-bond donors (Lipinski definition) is 0. The second-order valence-electron chi connectivity index (χ2n) is 9.87. The highest BCUT2D eigenvalue weighted by molar-refractivity contribution is 6.32. The van der Waals surface area contributed by atoms with Crippen LogP contribution in [0.1, 0.15) is 56.4 Å². The molecule has 3 heterocycles. The predicted octanol–water partition coefficient (Wildman–Crippen LogP) is 6.88. The molecule has 1 aliphatic rings. The minimum Gasteiger partial charge on any atom is -0.495 e. The monoisotopic (exact) mass is 506 g/mol. The molecule has 0 bridgehead atoms. The van der Waals surface area contributed by atoms with Gasteiger partial charge in [-0.1, -0.05) is 36.7 Å². The van der Waals surface area contributed by atoms with E-state index in [0.717, 1.165) is 64.5 Å². The Morgan fingerprint density at radius 3 is 2.67 bits per heavy atom. The number of anilines is 1. The second kappa shape index (κ2) is 9.62. The third kappa shape index (κ3) is 4.26. The van der Waals surface area contributed by atoms with E-state index in [-0.39, 0.29) is 11.9 Å². The molecule has 0 radical (unpaired) electrons. The maximum atomic E-state index is 13.3. The summed E-state index contributed by atoms with van der Waals surface area (Å²) in [7, 11) is 1.58. The van der Waals surface area contributed by atoms with Gasteiger partial charge in [0.25, 0.3) is 0 Å². The summed E-state index contributed by atoms with van der Waals surface area (Å²) in [5, 5.41) is 4.59. The van der Waals surface area contributed by atoms with Gasteiger partial charge in [0.2, 0.25) is 5.91 Å². The minimum atomic E-state index is -0.190. The Labute approximate surface area is 216 Å². The van der Waals surface area contributed by atoms with Gasteiger partial charge in [0.15, 0.2) is 0 Å². The van der Waals surface area contributed by atoms with Crippen molar-refractivity contribution >= 4 is 34.2 Å². The fraction of sp³-hybridized carbons (Fsp3) is 0.393. The fourth-order valence-electron chi connectivity index (χ4n) is 5.25. The number of fused-ring (bicyclic) bond motifs is 1. The number of imidazole rings is 1. The Balaban J connectivity index is 1.65. The molecule has 5 rings (SSSR count). The number of methoxy groups -OCH3 is 1. The Hall–Kier alpha value is -3.32. The lowest BCUT2D eigenvalue weighted by atomic mass is 9.99. The molecule has 0 saturated carbocycles. The Bertz CT molecular complexity index is 1420. The van der Waals surface area contributed by atoms with Gasteiger partial charge >= 0.3 is 0 Å². The summed E-state index contributed by atoms with van der Waals surface area (Å²) in [6.07, 6.45) is 2.15. The molecule has 1 saturated heterocycles. The summed E-state index contributed by atoms with van der Waals surface area (Å²) in [4.78, 5) is 20.3. The van der Waals surface area contributed by atoms with Crippen LogP contribution in [0.15, 0.2) is 40.9 Å². The first kappa shape index (κ1) is 24.4. The van der Waals surface area contributed by atoms with E-state index < -0.39 is 0 Å². The van der Waals surface area contributed by atoms with Crippen molar-refractivity contribution in [1.29, 1.82) is 0 Å². The quantitative estimate of drug-likeness (QED) is 0.285. The average Bonchev–Trinajstić information content (AvgIpc) is 3.37. The van der Waals surface area contributed by atoms with Gasteiger partial charge in [0, 0.05) is 24.2 Å². The molecular formula is C28H31ClN4O3. The summed E-state index contributed by atoms with van der Waals surface area (Å²) >= 11 is 6.45. The topological polar surface area (TPSA) is 73.4 Å². The van der Waals surface area contributed by atoms with Crippen molar-refractivity contribution in [3.8, 4) is 16.9 Å². The lowest BCUT2D eigenvalue weighted by Gasteiger charge is -2.36. The Morgan fingerprint density at radius 1 is 1.19 bits per heavy atom. The highest BCUT2D eigenvalue weighted by Crippen LogP contribution is 2.40. The van der Waals surface area contributed by atoms with Crippen LogP contribution in [0.4, 0.5) is 5.69 Å². The normalized spacial score (nSPS) is 16.4. The van der Waals surface area contributed by atoms with Gasteiger partial charge in [-0.2, -0.15) is 0 Å². The summed E-state index contributed by atoms with van der Waals surface area (Å²) in [5.41, 5.74) is 5.59. The molecule has 2 aromatic heterocycles. The summed E-state index contributed by atoms with van der Waals surface area (Å²) in [6.45, 7) is 9.07. The summed E-state index contributed by atoms with van der Waals surface area (Å²) in [5.74, 6) is 2.75.